The van der Waals surface area contributed by atoms with E-state index in [1.807, 2.05) is 0 Å². The summed E-state index contributed by atoms with van der Waals surface area (Å²) in [6.07, 6.45) is 0.403. The summed E-state index contributed by atoms with van der Waals surface area (Å²) < 4.78 is 13.9. The number of anilines is 1. The standard InChI is InChI=1S/C8H10BrFN2O.CH4N2O/c1-12(11)8-5(4-13)6(9)2-3-7(8)10;2-3-1-4/h2-3,13H,4,11H2,1H3;1H,2H2,(H,3,4). The summed E-state index contributed by atoms with van der Waals surface area (Å²) in [5.74, 6) is 9.38. The molecule has 1 amide bonds. The lowest BCUT2D eigenvalue weighted by molar-refractivity contribution is -0.109. The van der Waals surface area contributed by atoms with Crippen LogP contribution in [0.15, 0.2) is 16.6 Å². The van der Waals surface area contributed by atoms with Crippen molar-refractivity contribution >= 4 is 28.0 Å². The molecule has 6 N–H and O–H groups in total. The van der Waals surface area contributed by atoms with E-state index in [9.17, 15) is 4.39 Å². The van der Waals surface area contributed by atoms with E-state index in [1.165, 1.54) is 19.2 Å². The van der Waals surface area contributed by atoms with Crippen LogP contribution in [0.3, 0.4) is 0 Å². The van der Waals surface area contributed by atoms with Gasteiger partial charge in [-0.2, -0.15) is 0 Å². The lowest BCUT2D eigenvalue weighted by Gasteiger charge is -2.17. The van der Waals surface area contributed by atoms with Crippen molar-refractivity contribution in [3.05, 3.63) is 28.0 Å². The summed E-state index contributed by atoms with van der Waals surface area (Å²) in [6.45, 7) is -0.255. The number of carbonyl (C=O) groups excluding carboxylic acids is 1. The van der Waals surface area contributed by atoms with Crippen LogP contribution in [0.2, 0.25) is 0 Å². The molecule has 0 saturated heterocycles. The Labute approximate surface area is 106 Å². The lowest BCUT2D eigenvalue weighted by Crippen LogP contribution is -2.27. The Bertz CT molecular complexity index is 376. The molecule has 0 saturated carbocycles. The van der Waals surface area contributed by atoms with Crippen LogP contribution < -0.4 is 22.1 Å². The molecule has 0 aliphatic carbocycles. The zero-order valence-corrected chi connectivity index (χ0v) is 10.7. The predicted molar refractivity (Wildman–Crippen MR) is 66.0 cm³/mol. The van der Waals surface area contributed by atoms with Crippen molar-refractivity contribution in [2.24, 2.45) is 11.7 Å². The predicted octanol–water partition coefficient (Wildman–Crippen LogP) is -0.00350. The first-order valence-corrected chi connectivity index (χ1v) is 5.24. The Hall–Kier alpha value is -1.22. The number of hydrazine groups is 2. The van der Waals surface area contributed by atoms with Gasteiger partial charge in [0.25, 0.3) is 0 Å². The third-order valence-corrected chi connectivity index (χ3v) is 2.50. The topological polar surface area (TPSA) is 105 Å². The van der Waals surface area contributed by atoms with E-state index in [-0.39, 0.29) is 12.3 Å². The molecule has 0 heterocycles. The van der Waals surface area contributed by atoms with E-state index in [0.717, 1.165) is 5.01 Å². The molecule has 0 aromatic heterocycles. The Morgan fingerprint density at radius 2 is 2.18 bits per heavy atom. The number of benzene rings is 1. The molecule has 0 aliphatic rings. The first-order valence-electron chi connectivity index (χ1n) is 4.45. The maximum Gasteiger partial charge on any atom is 0.221 e. The van der Waals surface area contributed by atoms with Gasteiger partial charge in [0.2, 0.25) is 6.41 Å². The van der Waals surface area contributed by atoms with E-state index in [1.54, 1.807) is 5.43 Å². The van der Waals surface area contributed by atoms with Gasteiger partial charge in [0.15, 0.2) is 0 Å². The number of aliphatic hydroxyl groups excluding tert-OH is 1. The number of rotatable bonds is 3. The number of nitrogens with two attached hydrogens (primary N) is 2. The molecule has 0 atom stereocenters. The van der Waals surface area contributed by atoms with E-state index in [4.69, 9.17) is 15.7 Å². The van der Waals surface area contributed by atoms with Gasteiger partial charge in [0.05, 0.1) is 12.3 Å². The third-order valence-electron chi connectivity index (χ3n) is 1.76. The van der Waals surface area contributed by atoms with Crippen LogP contribution in [-0.2, 0) is 11.4 Å². The van der Waals surface area contributed by atoms with E-state index in [2.05, 4.69) is 21.8 Å². The highest BCUT2D eigenvalue weighted by Gasteiger charge is 2.13. The summed E-state index contributed by atoms with van der Waals surface area (Å²) in [4.78, 5) is 8.94. The van der Waals surface area contributed by atoms with Crippen molar-refractivity contribution < 1.29 is 14.3 Å². The highest BCUT2D eigenvalue weighted by Crippen LogP contribution is 2.28. The molecule has 1 aromatic carbocycles. The van der Waals surface area contributed by atoms with Crippen molar-refractivity contribution in [3.63, 3.8) is 0 Å². The number of carbonyl (C=O) groups is 1. The number of halogens is 2. The van der Waals surface area contributed by atoms with Crippen molar-refractivity contribution in [1.82, 2.24) is 5.43 Å². The summed E-state index contributed by atoms with van der Waals surface area (Å²) in [7, 11) is 1.52. The summed E-state index contributed by atoms with van der Waals surface area (Å²) in [5.41, 5.74) is 2.40. The summed E-state index contributed by atoms with van der Waals surface area (Å²) in [6, 6.07) is 2.83. The van der Waals surface area contributed by atoms with Gasteiger partial charge in [-0.05, 0) is 12.1 Å². The molecular formula is C9H14BrFN4O2. The molecule has 0 fully saturated rings. The second-order valence-corrected chi connectivity index (χ2v) is 3.76. The second-order valence-electron chi connectivity index (χ2n) is 2.91. The molecule has 8 heteroatoms. The zero-order chi connectivity index (χ0) is 13.4. The van der Waals surface area contributed by atoms with Gasteiger partial charge >= 0.3 is 0 Å². The largest absolute Gasteiger partial charge is 0.392 e. The minimum Gasteiger partial charge on any atom is -0.392 e. The van der Waals surface area contributed by atoms with Gasteiger partial charge in [-0.25, -0.2) is 16.1 Å². The molecule has 6 nitrogen and oxygen atoms in total. The Balaban J connectivity index is 0.000000557. The van der Waals surface area contributed by atoms with Gasteiger partial charge in [-0.1, -0.05) is 15.9 Å². The first-order chi connectivity index (χ1) is 7.99. The molecule has 1 aromatic rings. The highest BCUT2D eigenvalue weighted by molar-refractivity contribution is 9.10. The third kappa shape index (κ3) is 4.65. The molecule has 0 aliphatic heterocycles. The van der Waals surface area contributed by atoms with Gasteiger partial charge in [-0.3, -0.25) is 10.2 Å². The molecule has 17 heavy (non-hydrogen) atoms. The van der Waals surface area contributed by atoms with Crippen LogP contribution in [0, 0.1) is 5.82 Å². The van der Waals surface area contributed by atoms with Crippen LogP contribution in [0.1, 0.15) is 5.56 Å². The highest BCUT2D eigenvalue weighted by atomic mass is 79.9. The van der Waals surface area contributed by atoms with Gasteiger partial charge in [0.1, 0.15) is 5.82 Å². The molecule has 0 unspecified atom stereocenters. The SMILES string of the molecule is CN(N)c1c(F)ccc(Br)c1CO.NNC=O. The molecule has 1 rings (SSSR count). The Morgan fingerprint density at radius 1 is 1.65 bits per heavy atom. The first kappa shape index (κ1) is 15.8. The average molecular weight is 309 g/mol. The maximum absolute atomic E-state index is 13.2. The number of amides is 1. The van der Waals surface area contributed by atoms with E-state index in [0.29, 0.717) is 16.4 Å². The molecule has 0 radical (unpaired) electrons. The molecule has 0 spiro atoms. The molecule has 96 valence electrons. The number of hydrogen-bond donors (Lipinski definition) is 4. The van der Waals surface area contributed by atoms with Gasteiger partial charge in [0, 0.05) is 17.1 Å². The minimum absolute atomic E-state index is 0.205. The number of nitrogens with zero attached hydrogens (tertiary/aromatic N) is 1. The Morgan fingerprint density at radius 3 is 2.47 bits per heavy atom. The van der Waals surface area contributed by atoms with Crippen molar-refractivity contribution in [3.8, 4) is 0 Å². The normalized spacial score (nSPS) is 9.06. The van der Waals surface area contributed by atoms with E-state index >= 15 is 0 Å². The van der Waals surface area contributed by atoms with Crippen LogP contribution in [0.25, 0.3) is 0 Å². The fourth-order valence-corrected chi connectivity index (χ4v) is 1.56. The fourth-order valence-electron chi connectivity index (χ4n) is 1.11. The summed E-state index contributed by atoms with van der Waals surface area (Å²) in [5, 5.41) is 10.1. The van der Waals surface area contributed by atoms with Crippen molar-refractivity contribution in [2.45, 2.75) is 6.61 Å². The van der Waals surface area contributed by atoms with Gasteiger partial charge in [-0.15, -0.1) is 0 Å². The summed E-state index contributed by atoms with van der Waals surface area (Å²) >= 11 is 3.20. The van der Waals surface area contributed by atoms with Crippen LogP contribution in [-0.4, -0.2) is 18.6 Å². The van der Waals surface area contributed by atoms with Gasteiger partial charge < -0.3 is 10.1 Å². The zero-order valence-electron chi connectivity index (χ0n) is 9.15. The monoisotopic (exact) mass is 308 g/mol. The molecule has 0 bridgehead atoms. The van der Waals surface area contributed by atoms with Crippen LogP contribution in [0.4, 0.5) is 10.1 Å². The average Bonchev–Trinajstić information content (AvgIpc) is 2.31. The second kappa shape index (κ2) is 7.96. The van der Waals surface area contributed by atoms with Crippen molar-refractivity contribution in [2.75, 3.05) is 12.1 Å². The Kier molecular flexibility index (Phi) is 7.39. The minimum atomic E-state index is -0.447. The van der Waals surface area contributed by atoms with Crippen LogP contribution in [0.5, 0.6) is 0 Å². The van der Waals surface area contributed by atoms with Crippen LogP contribution >= 0.6 is 15.9 Å². The van der Waals surface area contributed by atoms with Crippen molar-refractivity contribution in [1.29, 1.82) is 0 Å². The lowest BCUT2D eigenvalue weighted by atomic mass is 10.2. The smallest absolute Gasteiger partial charge is 0.221 e. The number of nitrogens with one attached hydrogen (secondary N) is 1. The fraction of sp³-hybridized carbons (Fsp3) is 0.222. The quantitative estimate of drug-likeness (QED) is 0.272. The molecular weight excluding hydrogens is 295 g/mol. The maximum atomic E-state index is 13.2. The number of aliphatic hydroxyl groups is 1. The van der Waals surface area contributed by atoms with E-state index < -0.39 is 5.82 Å². The number of hydrogen-bond acceptors (Lipinski definition) is 5.